The Kier molecular flexibility index (Phi) is 10.4. The molecular weight excluding hydrogens is 485 g/mol. The van der Waals surface area contributed by atoms with Crippen molar-refractivity contribution in [3.8, 4) is 0 Å². The van der Waals surface area contributed by atoms with Crippen molar-refractivity contribution in [3.05, 3.63) is 17.5 Å². The first-order chi connectivity index (χ1) is 11.9. The predicted molar refractivity (Wildman–Crippen MR) is 118 cm³/mol. The molecule has 0 aromatic carbocycles. The number of halogens is 1. The standard InChI is InChI=1S/C17H29N3O3S2.HI/c1-3-18-17(20-14-8-6-13(2)7-9-14)19-11-15(21)12-25(22,23)16-5-4-10-24-16;/h4-5,10,13-15,21H,3,6-9,11-12H2,1-2H3,(H2,18,19,20);1H. The smallest absolute Gasteiger partial charge is 0.191 e. The van der Waals surface area contributed by atoms with Crippen molar-refractivity contribution in [3.63, 3.8) is 0 Å². The fourth-order valence-electron chi connectivity index (χ4n) is 2.94. The SMILES string of the molecule is CCNC(=NCC(O)CS(=O)(=O)c1cccs1)NC1CCC(C)CC1.I. The van der Waals surface area contributed by atoms with Gasteiger partial charge in [0.25, 0.3) is 0 Å². The molecule has 1 aromatic rings. The quantitative estimate of drug-likeness (QED) is 0.295. The zero-order chi connectivity index (χ0) is 18.3. The van der Waals surface area contributed by atoms with Crippen molar-refractivity contribution in [2.45, 2.75) is 55.9 Å². The van der Waals surface area contributed by atoms with Gasteiger partial charge in [0.15, 0.2) is 15.8 Å². The highest BCUT2D eigenvalue weighted by molar-refractivity contribution is 14.0. The molecule has 9 heteroatoms. The van der Waals surface area contributed by atoms with Gasteiger partial charge in [-0.3, -0.25) is 4.99 Å². The topological polar surface area (TPSA) is 90.8 Å². The van der Waals surface area contributed by atoms with Gasteiger partial charge < -0.3 is 15.7 Å². The molecule has 3 N–H and O–H groups in total. The number of rotatable bonds is 7. The average molecular weight is 515 g/mol. The molecule has 6 nitrogen and oxygen atoms in total. The van der Waals surface area contributed by atoms with Crippen LogP contribution < -0.4 is 10.6 Å². The van der Waals surface area contributed by atoms with Gasteiger partial charge in [-0.15, -0.1) is 35.3 Å². The normalized spacial score (nSPS) is 22.3. The average Bonchev–Trinajstić information content (AvgIpc) is 3.10. The summed E-state index contributed by atoms with van der Waals surface area (Å²) in [4.78, 5) is 4.38. The van der Waals surface area contributed by atoms with E-state index in [1.807, 2.05) is 6.92 Å². The van der Waals surface area contributed by atoms with Crippen LogP contribution in [0.1, 0.15) is 39.5 Å². The lowest BCUT2D eigenvalue weighted by molar-refractivity contribution is 0.206. The molecule has 0 radical (unpaired) electrons. The first kappa shape index (κ1) is 23.6. The zero-order valence-corrected chi connectivity index (χ0v) is 19.3. The van der Waals surface area contributed by atoms with E-state index in [0.717, 1.165) is 25.3 Å². The van der Waals surface area contributed by atoms with Crippen LogP contribution in [0.4, 0.5) is 0 Å². The van der Waals surface area contributed by atoms with Crippen LogP contribution in [-0.4, -0.2) is 50.5 Å². The van der Waals surface area contributed by atoms with E-state index in [1.54, 1.807) is 17.5 Å². The number of hydrogen-bond donors (Lipinski definition) is 3. The second-order valence-electron chi connectivity index (χ2n) is 6.69. The second-order valence-corrected chi connectivity index (χ2v) is 9.90. The molecular formula is C17H30IN3O3S2. The first-order valence-corrected chi connectivity index (χ1v) is 11.4. The Morgan fingerprint density at radius 1 is 1.38 bits per heavy atom. The van der Waals surface area contributed by atoms with Crippen LogP contribution in [0, 0.1) is 5.92 Å². The lowest BCUT2D eigenvalue weighted by atomic mass is 9.87. The highest BCUT2D eigenvalue weighted by Crippen LogP contribution is 2.23. The Balaban J connectivity index is 0.00000338. The maximum Gasteiger partial charge on any atom is 0.191 e. The molecule has 1 heterocycles. The summed E-state index contributed by atoms with van der Waals surface area (Å²) in [5, 5.41) is 18.4. The van der Waals surface area contributed by atoms with E-state index in [2.05, 4.69) is 22.5 Å². The van der Waals surface area contributed by atoms with Crippen LogP contribution in [0.3, 0.4) is 0 Å². The maximum atomic E-state index is 12.2. The molecule has 0 saturated heterocycles. The Morgan fingerprint density at radius 2 is 2.08 bits per heavy atom. The van der Waals surface area contributed by atoms with Crippen molar-refractivity contribution in [1.29, 1.82) is 0 Å². The summed E-state index contributed by atoms with van der Waals surface area (Å²) in [6.07, 6.45) is 3.62. The number of thiophene rings is 1. The Morgan fingerprint density at radius 3 is 2.65 bits per heavy atom. The summed E-state index contributed by atoms with van der Waals surface area (Å²) in [5.41, 5.74) is 0. The third-order valence-electron chi connectivity index (χ3n) is 4.37. The molecule has 1 saturated carbocycles. The fraction of sp³-hybridized carbons (Fsp3) is 0.706. The Bertz CT molecular complexity index is 642. The molecule has 1 atom stereocenters. The predicted octanol–water partition coefficient (Wildman–Crippen LogP) is 2.63. The van der Waals surface area contributed by atoms with Gasteiger partial charge in [0.05, 0.1) is 18.4 Å². The maximum absolute atomic E-state index is 12.2. The summed E-state index contributed by atoms with van der Waals surface area (Å²) >= 11 is 1.17. The molecule has 1 unspecified atom stereocenters. The van der Waals surface area contributed by atoms with Crippen LogP contribution in [0.2, 0.25) is 0 Å². The van der Waals surface area contributed by atoms with Gasteiger partial charge in [0.1, 0.15) is 4.21 Å². The van der Waals surface area contributed by atoms with Gasteiger partial charge in [-0.2, -0.15) is 0 Å². The molecule has 150 valence electrons. The fourth-order valence-corrected chi connectivity index (χ4v) is 5.41. The third kappa shape index (κ3) is 7.69. The highest BCUT2D eigenvalue weighted by atomic mass is 127. The van der Waals surface area contributed by atoms with Crippen LogP contribution in [0.5, 0.6) is 0 Å². The van der Waals surface area contributed by atoms with E-state index in [-0.39, 0.29) is 40.5 Å². The molecule has 0 aliphatic heterocycles. The van der Waals surface area contributed by atoms with Gasteiger partial charge in [-0.25, -0.2) is 8.42 Å². The second kappa shape index (κ2) is 11.5. The molecule has 0 bridgehead atoms. The molecule has 1 fully saturated rings. The summed E-state index contributed by atoms with van der Waals surface area (Å²) in [6, 6.07) is 3.65. The minimum Gasteiger partial charge on any atom is -0.390 e. The van der Waals surface area contributed by atoms with Crippen molar-refractivity contribution >= 4 is 51.1 Å². The van der Waals surface area contributed by atoms with E-state index in [9.17, 15) is 13.5 Å². The number of aliphatic hydroxyl groups excluding tert-OH is 1. The molecule has 26 heavy (non-hydrogen) atoms. The van der Waals surface area contributed by atoms with Gasteiger partial charge in [-0.05, 0) is 50.0 Å². The summed E-state index contributed by atoms with van der Waals surface area (Å²) < 4.78 is 24.7. The van der Waals surface area contributed by atoms with Crippen molar-refractivity contribution < 1.29 is 13.5 Å². The van der Waals surface area contributed by atoms with E-state index in [4.69, 9.17) is 0 Å². The van der Waals surface area contributed by atoms with Crippen LogP contribution >= 0.6 is 35.3 Å². The van der Waals surface area contributed by atoms with Crippen LogP contribution in [-0.2, 0) is 9.84 Å². The molecule has 0 spiro atoms. The van der Waals surface area contributed by atoms with Crippen molar-refractivity contribution in [2.24, 2.45) is 10.9 Å². The molecule has 2 rings (SSSR count). The van der Waals surface area contributed by atoms with E-state index in [0.29, 0.717) is 12.0 Å². The third-order valence-corrected chi connectivity index (χ3v) is 7.66. The van der Waals surface area contributed by atoms with Gasteiger partial charge in [0.2, 0.25) is 0 Å². The first-order valence-electron chi connectivity index (χ1n) is 8.90. The number of aliphatic imine (C=N–C) groups is 1. The zero-order valence-electron chi connectivity index (χ0n) is 15.3. The molecule has 1 aliphatic carbocycles. The summed E-state index contributed by atoms with van der Waals surface area (Å²) in [6.45, 7) is 5.04. The van der Waals surface area contributed by atoms with E-state index in [1.165, 1.54) is 24.2 Å². The molecule has 1 aromatic heterocycles. The van der Waals surface area contributed by atoms with Crippen LogP contribution in [0.25, 0.3) is 0 Å². The van der Waals surface area contributed by atoms with Crippen LogP contribution in [0.15, 0.2) is 26.7 Å². The molecule has 1 aliphatic rings. The number of guanidine groups is 1. The number of hydrogen-bond acceptors (Lipinski definition) is 5. The largest absolute Gasteiger partial charge is 0.390 e. The summed E-state index contributed by atoms with van der Waals surface area (Å²) in [5.74, 6) is 1.12. The molecule has 0 amide bonds. The highest BCUT2D eigenvalue weighted by Gasteiger charge is 2.21. The summed E-state index contributed by atoms with van der Waals surface area (Å²) in [7, 11) is -3.45. The minimum absolute atomic E-state index is 0. The van der Waals surface area contributed by atoms with Gasteiger partial charge in [-0.1, -0.05) is 13.0 Å². The van der Waals surface area contributed by atoms with Crippen molar-refractivity contribution in [2.75, 3.05) is 18.8 Å². The van der Waals surface area contributed by atoms with E-state index < -0.39 is 15.9 Å². The lowest BCUT2D eigenvalue weighted by Gasteiger charge is -2.28. The number of sulfone groups is 1. The number of nitrogens with one attached hydrogen (secondary N) is 2. The number of aliphatic hydroxyl groups is 1. The number of nitrogens with zero attached hydrogens (tertiary/aromatic N) is 1. The Labute approximate surface area is 177 Å². The van der Waals surface area contributed by atoms with Gasteiger partial charge >= 0.3 is 0 Å². The Hall–Kier alpha value is -0.390. The van der Waals surface area contributed by atoms with Gasteiger partial charge in [0, 0.05) is 12.6 Å². The van der Waals surface area contributed by atoms with E-state index >= 15 is 0 Å². The minimum atomic E-state index is -3.45. The lowest BCUT2D eigenvalue weighted by Crippen LogP contribution is -2.45. The monoisotopic (exact) mass is 515 g/mol. The van der Waals surface area contributed by atoms with Crippen molar-refractivity contribution in [1.82, 2.24) is 10.6 Å².